The Hall–Kier alpha value is -0.620. The first kappa shape index (κ1) is 22.4. The minimum absolute atomic E-state index is 0.0901. The Morgan fingerprint density at radius 3 is 2.04 bits per heavy atom. The van der Waals surface area contributed by atoms with Crippen molar-refractivity contribution in [2.45, 2.75) is 40.9 Å². The lowest BCUT2D eigenvalue weighted by atomic mass is 10.1. The van der Waals surface area contributed by atoms with Crippen LogP contribution in [-0.2, 0) is 38.1 Å². The zero-order valence-electron chi connectivity index (χ0n) is 12.4. The van der Waals surface area contributed by atoms with Crippen molar-refractivity contribution in [2.75, 3.05) is 6.61 Å². The third-order valence-corrected chi connectivity index (χ3v) is 3.54. The van der Waals surface area contributed by atoms with Gasteiger partial charge in [-0.1, -0.05) is 27.5 Å². The van der Waals surface area contributed by atoms with Gasteiger partial charge in [0.05, 0.1) is 0 Å². The van der Waals surface area contributed by atoms with Crippen LogP contribution in [0, 0.1) is 0 Å². The zero-order valence-corrected chi connectivity index (χ0v) is 16.9. The molecule has 0 aliphatic heterocycles. The molecule has 0 aromatic heterocycles. The van der Waals surface area contributed by atoms with Gasteiger partial charge in [-0.3, -0.25) is 19.2 Å². The van der Waals surface area contributed by atoms with E-state index >= 15 is 0 Å². The Balaban J connectivity index is 5.60. The molecule has 1 unspecified atom stereocenters. The summed E-state index contributed by atoms with van der Waals surface area (Å²) in [7, 11) is 0. The molecule has 0 saturated carbocycles. The van der Waals surface area contributed by atoms with E-state index in [2.05, 4.69) is 15.9 Å². The van der Waals surface area contributed by atoms with Crippen LogP contribution in [0.15, 0.2) is 0 Å². The Bertz CT molecular complexity index is 453. The predicted octanol–water partition coefficient (Wildman–Crippen LogP) is 1.68. The average Bonchev–Trinajstić information content (AvgIpc) is 2.36. The Labute approximate surface area is 159 Å². The molecule has 0 radical (unpaired) electrons. The lowest BCUT2D eigenvalue weighted by Crippen LogP contribution is -2.51. The zero-order chi connectivity index (χ0) is 18.2. The summed E-state index contributed by atoms with van der Waals surface area (Å²) in [6, 6.07) is 0. The molecule has 0 fully saturated rings. The average molecular weight is 530 g/mol. The van der Waals surface area contributed by atoms with Crippen LogP contribution in [0.4, 0.5) is 0 Å². The second-order valence-corrected chi connectivity index (χ2v) is 10.3. The molecule has 0 aromatic carbocycles. The molecule has 0 aliphatic carbocycles. The maximum atomic E-state index is 11.3. The Morgan fingerprint density at radius 1 is 1.17 bits per heavy atom. The first-order chi connectivity index (χ1) is 10.5. The van der Waals surface area contributed by atoms with E-state index in [0.29, 0.717) is 0 Å². The van der Waals surface area contributed by atoms with Crippen LogP contribution in [0.1, 0.15) is 20.8 Å². The smallest absolute Gasteiger partial charge is 0.303 e. The van der Waals surface area contributed by atoms with E-state index in [0.717, 1.165) is 20.8 Å². The molecule has 11 heteroatoms. The quantitative estimate of drug-likeness (QED) is 0.146. The van der Waals surface area contributed by atoms with Crippen LogP contribution in [0.5, 0.6) is 0 Å². The molecule has 0 rings (SSSR count). The van der Waals surface area contributed by atoms with Crippen molar-refractivity contribution in [2.24, 2.45) is 0 Å². The molecular formula is C12H15BrClIO8. The normalized spacial score (nSPS) is 17.0. The Kier molecular flexibility index (Phi) is 10.0. The minimum atomic E-state index is -1.38. The maximum absolute atomic E-state index is 11.3. The topological polar surface area (TPSA) is 105 Å². The van der Waals surface area contributed by atoms with Crippen LogP contribution >= 0.6 is 50.1 Å². The van der Waals surface area contributed by atoms with Crippen LogP contribution in [-0.4, -0.2) is 51.1 Å². The molecule has 4 atom stereocenters. The van der Waals surface area contributed by atoms with Crippen LogP contribution in [0.3, 0.4) is 0 Å². The van der Waals surface area contributed by atoms with Gasteiger partial charge < -0.3 is 18.9 Å². The molecule has 8 nitrogen and oxygen atoms in total. The van der Waals surface area contributed by atoms with Crippen molar-refractivity contribution < 1.29 is 38.1 Å². The number of rotatable bonds is 9. The lowest BCUT2D eigenvalue weighted by molar-refractivity contribution is -0.184. The summed E-state index contributed by atoms with van der Waals surface area (Å²) in [6.07, 6.45) is -3.78. The molecule has 0 spiro atoms. The summed E-state index contributed by atoms with van der Waals surface area (Å²) in [5, 5.41) is 0. The maximum Gasteiger partial charge on any atom is 0.303 e. The SMILES string of the molecule is CC(=O)OC[C@@H](OC=O)[C@@H](OC(C)=O)[C@H](OC(C)=O)C(Cl)(Br)I. The highest BCUT2D eigenvalue weighted by atomic mass is 127. The summed E-state index contributed by atoms with van der Waals surface area (Å²) in [6.45, 7) is 3.06. The van der Waals surface area contributed by atoms with E-state index < -0.39 is 44.6 Å². The molecule has 0 aromatic rings. The van der Waals surface area contributed by atoms with E-state index in [1.807, 2.05) is 0 Å². The molecule has 23 heavy (non-hydrogen) atoms. The number of ether oxygens (including phenoxy) is 4. The molecule has 0 bridgehead atoms. The van der Waals surface area contributed by atoms with Crippen molar-refractivity contribution in [3.05, 3.63) is 0 Å². The van der Waals surface area contributed by atoms with E-state index in [-0.39, 0.29) is 6.47 Å². The number of esters is 3. The summed E-state index contributed by atoms with van der Waals surface area (Å²) in [5.74, 6) is -2.08. The second-order valence-electron chi connectivity index (χ2n) is 4.22. The van der Waals surface area contributed by atoms with Crippen molar-refractivity contribution in [3.8, 4) is 0 Å². The van der Waals surface area contributed by atoms with Crippen LogP contribution in [0.25, 0.3) is 0 Å². The van der Waals surface area contributed by atoms with Gasteiger partial charge in [-0.05, 0) is 22.6 Å². The Morgan fingerprint density at radius 2 is 1.70 bits per heavy atom. The third kappa shape index (κ3) is 9.30. The summed E-state index contributed by atoms with van der Waals surface area (Å²) >= 11 is 10.9. The minimum Gasteiger partial charge on any atom is -0.462 e. The van der Waals surface area contributed by atoms with Gasteiger partial charge in [0, 0.05) is 20.8 Å². The highest BCUT2D eigenvalue weighted by Gasteiger charge is 2.47. The van der Waals surface area contributed by atoms with Crippen LogP contribution < -0.4 is 0 Å². The number of carbonyl (C=O) groups is 4. The van der Waals surface area contributed by atoms with Gasteiger partial charge in [-0.2, -0.15) is 0 Å². The number of carbonyl (C=O) groups excluding carboxylic acids is 4. The predicted molar refractivity (Wildman–Crippen MR) is 90.2 cm³/mol. The van der Waals surface area contributed by atoms with Gasteiger partial charge in [0.1, 0.15) is 6.61 Å². The highest BCUT2D eigenvalue weighted by molar-refractivity contribution is 14.1. The van der Waals surface area contributed by atoms with Crippen molar-refractivity contribution >= 4 is 74.5 Å². The fourth-order valence-electron chi connectivity index (χ4n) is 1.51. The molecule has 0 saturated heterocycles. The van der Waals surface area contributed by atoms with Gasteiger partial charge >= 0.3 is 17.9 Å². The van der Waals surface area contributed by atoms with Gasteiger partial charge in [-0.25, -0.2) is 0 Å². The second kappa shape index (κ2) is 10.3. The number of halogens is 3. The van der Waals surface area contributed by atoms with Gasteiger partial charge in [-0.15, -0.1) is 0 Å². The fourth-order valence-corrected chi connectivity index (χ4v) is 2.51. The molecule has 0 amide bonds. The van der Waals surface area contributed by atoms with E-state index in [1.54, 1.807) is 22.6 Å². The van der Waals surface area contributed by atoms with E-state index in [9.17, 15) is 19.2 Å². The molecule has 0 N–H and O–H groups in total. The standard InChI is InChI=1S/C12H15BrClIO8/c1-6(17)20-4-9(21-5-16)10(22-7(2)18)11(12(13,14)15)23-8(3)19/h5,9-11H,4H2,1-3H3/t9-,10-,11+,12?/m1/s1. The number of hydrogen-bond acceptors (Lipinski definition) is 8. The molecule has 0 heterocycles. The monoisotopic (exact) mass is 528 g/mol. The highest BCUT2D eigenvalue weighted by Crippen LogP contribution is 2.40. The first-order valence-electron chi connectivity index (χ1n) is 6.12. The lowest BCUT2D eigenvalue weighted by Gasteiger charge is -2.34. The van der Waals surface area contributed by atoms with Crippen molar-refractivity contribution in [1.29, 1.82) is 0 Å². The van der Waals surface area contributed by atoms with E-state index in [4.69, 9.17) is 30.5 Å². The summed E-state index contributed by atoms with van der Waals surface area (Å²) < 4.78 is 18.3. The van der Waals surface area contributed by atoms with Gasteiger partial charge in [0.25, 0.3) is 6.47 Å². The number of hydrogen-bond donors (Lipinski definition) is 0. The largest absolute Gasteiger partial charge is 0.462 e. The third-order valence-electron chi connectivity index (χ3n) is 2.26. The van der Waals surface area contributed by atoms with E-state index in [1.165, 1.54) is 0 Å². The molecule has 132 valence electrons. The summed E-state index contributed by atoms with van der Waals surface area (Å²) in [5.41, 5.74) is 0. The number of alkyl halides is 3. The summed E-state index contributed by atoms with van der Waals surface area (Å²) in [4.78, 5) is 44.3. The van der Waals surface area contributed by atoms with Crippen molar-refractivity contribution in [1.82, 2.24) is 0 Å². The van der Waals surface area contributed by atoms with Gasteiger partial charge in [0.15, 0.2) is 20.1 Å². The fraction of sp³-hybridized carbons (Fsp3) is 0.667. The molecule has 0 aliphatic rings. The van der Waals surface area contributed by atoms with Crippen molar-refractivity contribution in [3.63, 3.8) is 0 Å². The first-order valence-corrected chi connectivity index (χ1v) is 8.37. The van der Waals surface area contributed by atoms with Crippen LogP contribution in [0.2, 0.25) is 0 Å². The molecular weight excluding hydrogens is 514 g/mol. The van der Waals surface area contributed by atoms with Gasteiger partial charge in [0.2, 0.25) is 0 Å².